The third-order valence-corrected chi connectivity index (χ3v) is 6.99. The van der Waals surface area contributed by atoms with Gasteiger partial charge < -0.3 is 14.8 Å². The molecule has 0 bridgehead atoms. The average Bonchev–Trinajstić information content (AvgIpc) is 2.89. The van der Waals surface area contributed by atoms with E-state index in [0.29, 0.717) is 36.2 Å². The van der Waals surface area contributed by atoms with Gasteiger partial charge >= 0.3 is 0 Å². The number of nitrogens with zero attached hydrogens (tertiary/aromatic N) is 2. The number of benzene rings is 3. The summed E-state index contributed by atoms with van der Waals surface area (Å²) in [6.45, 7) is 6.48. The summed E-state index contributed by atoms with van der Waals surface area (Å²) in [5, 5.41) is 3.80. The van der Waals surface area contributed by atoms with Crippen molar-refractivity contribution in [2.24, 2.45) is 0 Å². The van der Waals surface area contributed by atoms with Crippen LogP contribution in [-0.4, -0.2) is 28.2 Å². The molecular weight excluding hydrogens is 470 g/mol. The zero-order valence-corrected chi connectivity index (χ0v) is 21.3. The van der Waals surface area contributed by atoms with Gasteiger partial charge in [-0.15, -0.1) is 0 Å². The van der Waals surface area contributed by atoms with Crippen LogP contribution in [0.15, 0.2) is 71.8 Å². The molecule has 0 unspecified atom stereocenters. The number of anilines is 1. The van der Waals surface area contributed by atoms with E-state index in [0.717, 1.165) is 38.5 Å². The molecular formula is C29H27N3O3S. The summed E-state index contributed by atoms with van der Waals surface area (Å²) in [7, 11) is 0. The smallest absolute Gasteiger partial charge is 0.234 e. The van der Waals surface area contributed by atoms with Gasteiger partial charge in [0.05, 0.1) is 17.9 Å². The van der Waals surface area contributed by atoms with Crippen molar-refractivity contribution in [1.82, 2.24) is 9.97 Å². The fourth-order valence-electron chi connectivity index (χ4n) is 4.21. The van der Waals surface area contributed by atoms with Crippen molar-refractivity contribution in [2.75, 3.05) is 17.7 Å². The molecule has 1 N–H and O–H groups in total. The van der Waals surface area contributed by atoms with E-state index in [1.807, 2.05) is 87.5 Å². The van der Waals surface area contributed by atoms with E-state index in [1.54, 1.807) is 0 Å². The molecule has 2 heterocycles. The SMILES string of the molecule is CCOc1cccc2c1Oc1nc(-c3ccccc3)nc(SCC(=O)Nc3c(C)cccc3C)c1C2. The standard InChI is InChI=1S/C29H27N3O3S/c1-4-34-23-15-9-14-21-16-22-28(35-26(21)23)31-27(20-12-6-5-7-13-20)32-29(22)36-17-24(33)30-25-18(2)10-8-11-19(25)3/h5-15H,4,16-17H2,1-3H3,(H,30,33). The number of carbonyl (C=O) groups excluding carboxylic acids is 1. The van der Waals surface area contributed by atoms with Gasteiger partial charge in [0.25, 0.3) is 0 Å². The summed E-state index contributed by atoms with van der Waals surface area (Å²) in [5.74, 6) is 2.58. The first kappa shape index (κ1) is 23.9. The number of thioether (sulfide) groups is 1. The van der Waals surface area contributed by atoms with E-state index < -0.39 is 0 Å². The fraction of sp³-hybridized carbons (Fsp3) is 0.207. The predicted octanol–water partition coefficient (Wildman–Crippen LogP) is 6.59. The minimum absolute atomic E-state index is 0.0817. The third-order valence-electron chi connectivity index (χ3n) is 5.97. The lowest BCUT2D eigenvalue weighted by atomic mass is 10.0. The second-order valence-electron chi connectivity index (χ2n) is 8.56. The number of hydrogen-bond acceptors (Lipinski definition) is 6. The summed E-state index contributed by atoms with van der Waals surface area (Å²) in [4.78, 5) is 22.5. The van der Waals surface area contributed by atoms with Gasteiger partial charge in [0, 0.05) is 23.2 Å². The number of hydrogen-bond donors (Lipinski definition) is 1. The summed E-state index contributed by atoms with van der Waals surface area (Å²) < 4.78 is 12.1. The van der Waals surface area contributed by atoms with Crippen LogP contribution in [-0.2, 0) is 11.2 Å². The number of nitrogens with one attached hydrogen (secondary N) is 1. The monoisotopic (exact) mass is 497 g/mol. The maximum Gasteiger partial charge on any atom is 0.234 e. The molecule has 0 fully saturated rings. The summed E-state index contributed by atoms with van der Waals surface area (Å²) >= 11 is 1.40. The van der Waals surface area contributed by atoms with Crippen molar-refractivity contribution in [1.29, 1.82) is 0 Å². The van der Waals surface area contributed by atoms with Crippen LogP contribution in [0.5, 0.6) is 17.4 Å². The summed E-state index contributed by atoms with van der Waals surface area (Å²) in [5.41, 5.74) is 5.70. The first-order valence-corrected chi connectivity index (χ1v) is 12.9. The zero-order valence-electron chi connectivity index (χ0n) is 20.5. The van der Waals surface area contributed by atoms with E-state index in [1.165, 1.54) is 11.8 Å². The highest BCUT2D eigenvalue weighted by Gasteiger charge is 2.27. The number of ether oxygens (including phenoxy) is 2. The van der Waals surface area contributed by atoms with Gasteiger partial charge in [-0.25, -0.2) is 4.98 Å². The van der Waals surface area contributed by atoms with Crippen molar-refractivity contribution >= 4 is 23.4 Å². The lowest BCUT2D eigenvalue weighted by molar-refractivity contribution is -0.113. The van der Waals surface area contributed by atoms with E-state index in [4.69, 9.17) is 19.4 Å². The molecule has 4 aromatic rings. The maximum absolute atomic E-state index is 12.9. The highest BCUT2D eigenvalue weighted by Crippen LogP contribution is 2.44. The molecule has 36 heavy (non-hydrogen) atoms. The Bertz CT molecular complexity index is 1400. The Morgan fingerprint density at radius 2 is 1.75 bits per heavy atom. The number of aromatic nitrogens is 2. The van der Waals surface area contributed by atoms with Crippen LogP contribution in [0.4, 0.5) is 5.69 Å². The van der Waals surface area contributed by atoms with Crippen LogP contribution < -0.4 is 14.8 Å². The molecule has 1 aliphatic rings. The van der Waals surface area contributed by atoms with Gasteiger partial charge in [-0.1, -0.05) is 72.4 Å². The van der Waals surface area contributed by atoms with Gasteiger partial charge in [0.1, 0.15) is 5.03 Å². The third kappa shape index (κ3) is 4.93. The molecule has 1 aliphatic heterocycles. The van der Waals surface area contributed by atoms with Crippen molar-refractivity contribution in [3.05, 3.63) is 89.0 Å². The fourth-order valence-corrected chi connectivity index (χ4v) is 5.03. The molecule has 3 aromatic carbocycles. The van der Waals surface area contributed by atoms with Gasteiger partial charge in [0.2, 0.25) is 11.8 Å². The Morgan fingerprint density at radius 1 is 1.00 bits per heavy atom. The summed E-state index contributed by atoms with van der Waals surface area (Å²) in [6.07, 6.45) is 0.599. The number of rotatable bonds is 7. The van der Waals surface area contributed by atoms with Crippen molar-refractivity contribution in [3.8, 4) is 28.8 Å². The minimum atomic E-state index is -0.0817. The minimum Gasteiger partial charge on any atom is -0.490 e. The molecule has 182 valence electrons. The largest absolute Gasteiger partial charge is 0.490 e. The maximum atomic E-state index is 12.9. The Kier molecular flexibility index (Phi) is 6.91. The number of carbonyl (C=O) groups is 1. The molecule has 0 radical (unpaired) electrons. The Hall–Kier alpha value is -3.84. The van der Waals surface area contributed by atoms with Crippen LogP contribution in [0.3, 0.4) is 0 Å². The molecule has 7 heteroatoms. The lowest BCUT2D eigenvalue weighted by Gasteiger charge is -2.23. The van der Waals surface area contributed by atoms with Crippen molar-refractivity contribution < 1.29 is 14.3 Å². The van der Waals surface area contributed by atoms with E-state index in [2.05, 4.69) is 5.32 Å². The second-order valence-corrected chi connectivity index (χ2v) is 9.53. The molecule has 0 atom stereocenters. The quantitative estimate of drug-likeness (QED) is 0.202. The van der Waals surface area contributed by atoms with E-state index >= 15 is 0 Å². The average molecular weight is 498 g/mol. The molecule has 1 aromatic heterocycles. The number of para-hydroxylation sites is 2. The second kappa shape index (κ2) is 10.4. The van der Waals surface area contributed by atoms with Crippen LogP contribution in [0.1, 0.15) is 29.2 Å². The number of amides is 1. The number of aryl methyl sites for hydroxylation is 2. The first-order chi connectivity index (χ1) is 17.5. The molecule has 0 saturated carbocycles. The first-order valence-electron chi connectivity index (χ1n) is 11.9. The Balaban J connectivity index is 1.46. The van der Waals surface area contributed by atoms with Crippen LogP contribution in [0.25, 0.3) is 11.4 Å². The molecule has 0 aliphatic carbocycles. The lowest BCUT2D eigenvalue weighted by Crippen LogP contribution is -2.16. The summed E-state index contributed by atoms with van der Waals surface area (Å²) in [6, 6.07) is 21.6. The van der Waals surface area contributed by atoms with Crippen LogP contribution >= 0.6 is 11.8 Å². The number of fused-ring (bicyclic) bond motifs is 2. The molecule has 1 amide bonds. The van der Waals surface area contributed by atoms with E-state index in [-0.39, 0.29) is 11.7 Å². The molecule has 5 rings (SSSR count). The molecule has 0 spiro atoms. The molecule has 0 saturated heterocycles. The van der Waals surface area contributed by atoms with Crippen LogP contribution in [0, 0.1) is 13.8 Å². The van der Waals surface area contributed by atoms with Gasteiger partial charge in [-0.05, 0) is 38.0 Å². The van der Waals surface area contributed by atoms with Crippen LogP contribution in [0.2, 0.25) is 0 Å². The Labute approximate surface area is 215 Å². The van der Waals surface area contributed by atoms with Gasteiger partial charge in [0.15, 0.2) is 17.3 Å². The van der Waals surface area contributed by atoms with Gasteiger partial charge in [-0.2, -0.15) is 4.98 Å². The molecule has 6 nitrogen and oxygen atoms in total. The highest BCUT2D eigenvalue weighted by molar-refractivity contribution is 8.00. The van der Waals surface area contributed by atoms with Crippen molar-refractivity contribution in [2.45, 2.75) is 32.2 Å². The highest BCUT2D eigenvalue weighted by atomic mass is 32.2. The Morgan fingerprint density at radius 3 is 2.50 bits per heavy atom. The van der Waals surface area contributed by atoms with Gasteiger partial charge in [-0.3, -0.25) is 4.79 Å². The zero-order chi connectivity index (χ0) is 25.1. The van der Waals surface area contributed by atoms with Crippen molar-refractivity contribution in [3.63, 3.8) is 0 Å². The normalized spacial score (nSPS) is 11.8. The van der Waals surface area contributed by atoms with E-state index in [9.17, 15) is 4.79 Å². The topological polar surface area (TPSA) is 73.3 Å². The predicted molar refractivity (Wildman–Crippen MR) is 143 cm³/mol.